The minimum absolute atomic E-state index is 0.153. The number of carbonyl (C=O) groups excluding carboxylic acids is 2. The number of likely N-dealkylation sites (N-methyl/N-ethyl adjacent to an activating group) is 1. The molecule has 1 saturated heterocycles. The van der Waals surface area contributed by atoms with Crippen LogP contribution in [0.4, 0.5) is 5.69 Å². The minimum Gasteiger partial charge on any atom is -0.373 e. The van der Waals surface area contributed by atoms with Gasteiger partial charge in [-0.2, -0.15) is 0 Å². The largest absolute Gasteiger partial charge is 0.373 e. The van der Waals surface area contributed by atoms with E-state index in [1.54, 1.807) is 25.1 Å². The molecule has 0 bridgehead atoms. The van der Waals surface area contributed by atoms with Crippen LogP contribution in [0.15, 0.2) is 18.2 Å². The van der Waals surface area contributed by atoms with Gasteiger partial charge in [-0.1, -0.05) is 23.2 Å². The van der Waals surface area contributed by atoms with Crippen molar-refractivity contribution < 1.29 is 9.59 Å². The Bertz CT molecular complexity index is 505. The van der Waals surface area contributed by atoms with Crippen LogP contribution >= 0.6 is 23.2 Å². The molecule has 4 nitrogen and oxygen atoms in total. The van der Waals surface area contributed by atoms with Crippen LogP contribution in [-0.4, -0.2) is 29.3 Å². The van der Waals surface area contributed by atoms with E-state index in [4.69, 9.17) is 23.2 Å². The topological polar surface area (TPSA) is 49.4 Å². The van der Waals surface area contributed by atoms with Gasteiger partial charge in [0.15, 0.2) is 0 Å². The Morgan fingerprint density at radius 1 is 1.33 bits per heavy atom. The Morgan fingerprint density at radius 3 is 2.61 bits per heavy atom. The fourth-order valence-corrected chi connectivity index (χ4v) is 2.21. The molecule has 2 rings (SSSR count). The molecule has 1 unspecified atom stereocenters. The zero-order valence-electron chi connectivity index (χ0n) is 9.74. The van der Waals surface area contributed by atoms with Crippen molar-refractivity contribution in [3.05, 3.63) is 28.2 Å². The molecule has 1 heterocycles. The summed E-state index contributed by atoms with van der Waals surface area (Å²) in [7, 11) is 0. The molecule has 0 aliphatic carbocycles. The van der Waals surface area contributed by atoms with Crippen LogP contribution in [0.5, 0.6) is 0 Å². The van der Waals surface area contributed by atoms with Gasteiger partial charge in [0.05, 0.1) is 16.5 Å². The van der Waals surface area contributed by atoms with E-state index in [1.807, 2.05) is 0 Å². The second-order valence-electron chi connectivity index (χ2n) is 4.01. The van der Waals surface area contributed by atoms with E-state index < -0.39 is 6.04 Å². The van der Waals surface area contributed by atoms with Gasteiger partial charge in [-0.15, -0.1) is 0 Å². The Balaban J connectivity index is 2.13. The van der Waals surface area contributed by atoms with E-state index in [1.165, 1.54) is 4.90 Å². The number of imide groups is 1. The summed E-state index contributed by atoms with van der Waals surface area (Å²) in [6.45, 7) is 2.18. The molecule has 1 aliphatic rings. The summed E-state index contributed by atoms with van der Waals surface area (Å²) in [6, 6.07) is 4.48. The smallest absolute Gasteiger partial charge is 0.252 e. The van der Waals surface area contributed by atoms with Crippen LogP contribution in [0.2, 0.25) is 10.0 Å². The summed E-state index contributed by atoms with van der Waals surface area (Å²) < 4.78 is 0. The molecule has 1 aromatic carbocycles. The van der Waals surface area contributed by atoms with E-state index in [-0.39, 0.29) is 18.2 Å². The number of carbonyl (C=O) groups is 2. The highest BCUT2D eigenvalue weighted by Gasteiger charge is 2.37. The van der Waals surface area contributed by atoms with Crippen LogP contribution in [0, 0.1) is 0 Å². The molecule has 2 amide bonds. The average molecular weight is 287 g/mol. The molecule has 96 valence electrons. The number of rotatable bonds is 3. The van der Waals surface area contributed by atoms with Crippen molar-refractivity contribution in [2.75, 3.05) is 11.9 Å². The van der Waals surface area contributed by atoms with Crippen molar-refractivity contribution in [2.45, 2.75) is 19.4 Å². The van der Waals surface area contributed by atoms with Crippen LogP contribution in [-0.2, 0) is 9.59 Å². The number of halogens is 2. The fourth-order valence-electron chi connectivity index (χ4n) is 1.92. The lowest BCUT2D eigenvalue weighted by Gasteiger charge is -2.14. The monoisotopic (exact) mass is 286 g/mol. The van der Waals surface area contributed by atoms with Gasteiger partial charge in [-0.25, -0.2) is 0 Å². The third-order valence-corrected chi connectivity index (χ3v) is 3.56. The van der Waals surface area contributed by atoms with Crippen molar-refractivity contribution in [1.82, 2.24) is 4.90 Å². The summed E-state index contributed by atoms with van der Waals surface area (Å²) in [5.41, 5.74) is 0.675. The standard InChI is InChI=1S/C12H12Cl2N2O2/c1-2-16-11(17)6-10(12(16)18)15-7-3-4-8(13)9(14)5-7/h3-5,10,15H,2,6H2,1H3. The molecule has 0 spiro atoms. The van der Waals surface area contributed by atoms with Gasteiger partial charge in [-0.05, 0) is 25.1 Å². The fraction of sp³-hybridized carbons (Fsp3) is 0.333. The molecular weight excluding hydrogens is 275 g/mol. The maximum Gasteiger partial charge on any atom is 0.252 e. The van der Waals surface area contributed by atoms with Crippen LogP contribution < -0.4 is 5.32 Å². The Hall–Kier alpha value is -1.26. The second-order valence-corrected chi connectivity index (χ2v) is 4.82. The van der Waals surface area contributed by atoms with Crippen molar-refractivity contribution in [3.8, 4) is 0 Å². The number of hydrogen-bond donors (Lipinski definition) is 1. The number of nitrogens with zero attached hydrogens (tertiary/aromatic N) is 1. The zero-order valence-corrected chi connectivity index (χ0v) is 11.3. The van der Waals surface area contributed by atoms with E-state index in [0.717, 1.165) is 0 Å². The van der Waals surface area contributed by atoms with E-state index in [0.29, 0.717) is 22.3 Å². The first-order chi connectivity index (χ1) is 8.52. The van der Waals surface area contributed by atoms with E-state index in [9.17, 15) is 9.59 Å². The predicted octanol–water partition coefficient (Wildman–Crippen LogP) is 2.55. The first-order valence-electron chi connectivity index (χ1n) is 5.58. The number of benzene rings is 1. The van der Waals surface area contributed by atoms with Gasteiger partial charge in [-0.3, -0.25) is 14.5 Å². The first-order valence-corrected chi connectivity index (χ1v) is 6.34. The summed E-state index contributed by atoms with van der Waals surface area (Å²) in [5, 5.41) is 3.86. The third kappa shape index (κ3) is 2.44. The summed E-state index contributed by atoms with van der Waals surface area (Å²) in [6.07, 6.45) is 0.174. The zero-order chi connectivity index (χ0) is 13.3. The first kappa shape index (κ1) is 13.2. The van der Waals surface area contributed by atoms with E-state index >= 15 is 0 Å². The van der Waals surface area contributed by atoms with Gasteiger partial charge in [0.25, 0.3) is 5.91 Å². The number of hydrogen-bond acceptors (Lipinski definition) is 3. The molecule has 1 aliphatic heterocycles. The summed E-state index contributed by atoms with van der Waals surface area (Å²) >= 11 is 11.7. The predicted molar refractivity (Wildman–Crippen MR) is 70.9 cm³/mol. The Morgan fingerprint density at radius 2 is 2.06 bits per heavy atom. The molecule has 18 heavy (non-hydrogen) atoms. The lowest BCUT2D eigenvalue weighted by Crippen LogP contribution is -2.34. The molecule has 0 aromatic heterocycles. The van der Waals surface area contributed by atoms with Gasteiger partial charge in [0.2, 0.25) is 5.91 Å². The van der Waals surface area contributed by atoms with Gasteiger partial charge in [0, 0.05) is 12.2 Å². The quantitative estimate of drug-likeness (QED) is 0.869. The van der Waals surface area contributed by atoms with Gasteiger partial charge >= 0.3 is 0 Å². The Labute approximate surface area is 115 Å². The third-order valence-electron chi connectivity index (χ3n) is 2.82. The molecule has 1 fully saturated rings. The van der Waals surface area contributed by atoms with Crippen LogP contribution in [0.1, 0.15) is 13.3 Å². The Kier molecular flexibility index (Phi) is 3.78. The SMILES string of the molecule is CCN1C(=O)CC(Nc2ccc(Cl)c(Cl)c2)C1=O. The van der Waals surface area contributed by atoms with Crippen molar-refractivity contribution in [3.63, 3.8) is 0 Å². The molecule has 0 radical (unpaired) electrons. The summed E-state index contributed by atoms with van der Waals surface area (Å²) in [4.78, 5) is 24.7. The van der Waals surface area contributed by atoms with Crippen molar-refractivity contribution >= 4 is 40.7 Å². The number of nitrogens with one attached hydrogen (secondary N) is 1. The second kappa shape index (κ2) is 5.16. The molecule has 1 atom stereocenters. The number of anilines is 1. The highest BCUT2D eigenvalue weighted by atomic mass is 35.5. The highest BCUT2D eigenvalue weighted by molar-refractivity contribution is 6.42. The van der Waals surface area contributed by atoms with Crippen molar-refractivity contribution in [1.29, 1.82) is 0 Å². The molecule has 0 saturated carbocycles. The average Bonchev–Trinajstić information content (AvgIpc) is 2.59. The van der Waals surface area contributed by atoms with Crippen molar-refractivity contribution in [2.24, 2.45) is 0 Å². The lowest BCUT2D eigenvalue weighted by molar-refractivity contribution is -0.138. The van der Waals surface area contributed by atoms with E-state index in [2.05, 4.69) is 5.32 Å². The normalized spacial score (nSPS) is 19.5. The lowest BCUT2D eigenvalue weighted by atomic mass is 10.2. The maximum absolute atomic E-state index is 11.9. The number of amides is 2. The minimum atomic E-state index is -0.519. The molecule has 1 N–H and O–H groups in total. The molecule has 1 aromatic rings. The van der Waals surface area contributed by atoms with Crippen LogP contribution in [0.25, 0.3) is 0 Å². The summed E-state index contributed by atoms with van der Waals surface area (Å²) in [5.74, 6) is -0.353. The maximum atomic E-state index is 11.9. The van der Waals surface area contributed by atoms with Gasteiger partial charge < -0.3 is 5.32 Å². The number of likely N-dealkylation sites (tertiary alicyclic amines) is 1. The van der Waals surface area contributed by atoms with Crippen LogP contribution in [0.3, 0.4) is 0 Å². The van der Waals surface area contributed by atoms with Gasteiger partial charge in [0.1, 0.15) is 6.04 Å². The molecular formula is C12H12Cl2N2O2. The molecule has 6 heteroatoms. The highest BCUT2D eigenvalue weighted by Crippen LogP contribution is 2.26.